The van der Waals surface area contributed by atoms with E-state index in [-0.39, 0.29) is 5.91 Å². The average Bonchev–Trinajstić information content (AvgIpc) is 2.77. The molecular weight excluding hydrogens is 216 g/mol. The van der Waals surface area contributed by atoms with Crippen LogP contribution in [0.1, 0.15) is 6.42 Å². The molecule has 2 heterocycles. The summed E-state index contributed by atoms with van der Waals surface area (Å²) in [5.41, 5.74) is 0. The van der Waals surface area contributed by atoms with E-state index < -0.39 is 0 Å². The Kier molecular flexibility index (Phi) is 4.36. The second kappa shape index (κ2) is 5.80. The molecule has 2 rings (SSSR count). The van der Waals surface area contributed by atoms with E-state index in [1.807, 2.05) is 4.90 Å². The van der Waals surface area contributed by atoms with Gasteiger partial charge in [-0.05, 0) is 27.1 Å². The first-order chi connectivity index (χ1) is 8.16. The smallest absolute Gasteiger partial charge is 0.236 e. The van der Waals surface area contributed by atoms with Crippen LogP contribution in [0.5, 0.6) is 0 Å². The molecule has 0 aliphatic carbocycles. The van der Waals surface area contributed by atoms with E-state index in [1.165, 1.54) is 6.42 Å². The van der Waals surface area contributed by atoms with Crippen LogP contribution < -0.4 is 5.32 Å². The number of nitrogens with zero attached hydrogens (tertiary/aromatic N) is 3. The molecule has 1 unspecified atom stereocenters. The van der Waals surface area contributed by atoms with Crippen molar-refractivity contribution in [1.82, 2.24) is 20.0 Å². The van der Waals surface area contributed by atoms with Gasteiger partial charge in [-0.2, -0.15) is 0 Å². The van der Waals surface area contributed by atoms with Gasteiger partial charge < -0.3 is 15.1 Å². The fraction of sp³-hybridized carbons (Fsp3) is 0.917. The molecular formula is C12H24N4O. The van der Waals surface area contributed by atoms with Gasteiger partial charge in [0.25, 0.3) is 0 Å². The van der Waals surface area contributed by atoms with Crippen molar-refractivity contribution in [2.45, 2.75) is 12.5 Å². The quantitative estimate of drug-likeness (QED) is 0.691. The number of nitrogens with one attached hydrogen (secondary N) is 1. The first-order valence-corrected chi connectivity index (χ1v) is 6.54. The molecule has 5 heteroatoms. The fourth-order valence-corrected chi connectivity index (χ4v) is 2.63. The Morgan fingerprint density at radius 2 is 2.06 bits per heavy atom. The van der Waals surface area contributed by atoms with Crippen molar-refractivity contribution in [3.63, 3.8) is 0 Å². The van der Waals surface area contributed by atoms with Crippen LogP contribution in [0, 0.1) is 0 Å². The molecule has 2 saturated heterocycles. The van der Waals surface area contributed by atoms with E-state index in [2.05, 4.69) is 29.2 Å². The molecule has 1 atom stereocenters. The van der Waals surface area contributed by atoms with Crippen LogP contribution in [-0.4, -0.2) is 86.6 Å². The molecule has 0 aromatic carbocycles. The minimum absolute atomic E-state index is 0.281. The van der Waals surface area contributed by atoms with Crippen molar-refractivity contribution in [3.8, 4) is 0 Å². The van der Waals surface area contributed by atoms with Crippen LogP contribution in [-0.2, 0) is 4.79 Å². The summed E-state index contributed by atoms with van der Waals surface area (Å²) in [7, 11) is 4.22. The standard InChI is InChI=1S/C12H24N4O/c1-14-6-3-11(9-14)15(2)10-12(17)16-7-4-13-5-8-16/h11,13H,3-10H2,1-2H3. The maximum Gasteiger partial charge on any atom is 0.236 e. The summed E-state index contributed by atoms with van der Waals surface area (Å²) in [4.78, 5) is 18.6. The van der Waals surface area contributed by atoms with Crippen LogP contribution in [0.15, 0.2) is 0 Å². The van der Waals surface area contributed by atoms with Gasteiger partial charge >= 0.3 is 0 Å². The van der Waals surface area contributed by atoms with E-state index in [1.54, 1.807) is 0 Å². The number of hydrogen-bond acceptors (Lipinski definition) is 4. The van der Waals surface area contributed by atoms with Gasteiger partial charge in [-0.15, -0.1) is 0 Å². The topological polar surface area (TPSA) is 38.8 Å². The Morgan fingerprint density at radius 3 is 2.65 bits per heavy atom. The zero-order chi connectivity index (χ0) is 12.3. The number of piperazine rings is 1. The van der Waals surface area contributed by atoms with Gasteiger partial charge in [-0.3, -0.25) is 9.69 Å². The van der Waals surface area contributed by atoms with Crippen molar-refractivity contribution < 1.29 is 4.79 Å². The minimum Gasteiger partial charge on any atom is -0.339 e. The largest absolute Gasteiger partial charge is 0.339 e. The van der Waals surface area contributed by atoms with Gasteiger partial charge in [0.05, 0.1) is 6.54 Å². The van der Waals surface area contributed by atoms with Crippen molar-refractivity contribution in [1.29, 1.82) is 0 Å². The third-order valence-electron chi connectivity index (χ3n) is 3.84. The molecule has 2 aliphatic rings. The van der Waals surface area contributed by atoms with Crippen molar-refractivity contribution in [3.05, 3.63) is 0 Å². The fourth-order valence-electron chi connectivity index (χ4n) is 2.63. The van der Waals surface area contributed by atoms with E-state index in [0.717, 1.165) is 39.3 Å². The zero-order valence-corrected chi connectivity index (χ0v) is 11.0. The third kappa shape index (κ3) is 3.40. The van der Waals surface area contributed by atoms with E-state index in [4.69, 9.17) is 0 Å². The molecule has 0 aromatic rings. The summed E-state index contributed by atoms with van der Waals surface area (Å²) >= 11 is 0. The van der Waals surface area contributed by atoms with Gasteiger partial charge in [0.2, 0.25) is 5.91 Å². The molecule has 0 radical (unpaired) electrons. The monoisotopic (exact) mass is 240 g/mol. The van der Waals surface area contributed by atoms with Crippen LogP contribution in [0.25, 0.3) is 0 Å². The molecule has 0 spiro atoms. The maximum absolute atomic E-state index is 12.1. The first kappa shape index (κ1) is 12.8. The van der Waals surface area contributed by atoms with Gasteiger partial charge in [0, 0.05) is 38.8 Å². The third-order valence-corrected chi connectivity index (χ3v) is 3.84. The molecule has 5 nitrogen and oxygen atoms in total. The molecule has 1 N–H and O–H groups in total. The van der Waals surface area contributed by atoms with Gasteiger partial charge in [0.15, 0.2) is 0 Å². The molecule has 1 amide bonds. The highest BCUT2D eigenvalue weighted by Gasteiger charge is 2.26. The van der Waals surface area contributed by atoms with Gasteiger partial charge in [-0.25, -0.2) is 0 Å². The van der Waals surface area contributed by atoms with Crippen LogP contribution >= 0.6 is 0 Å². The SMILES string of the molecule is CN1CCC(N(C)CC(=O)N2CCNCC2)C1. The predicted octanol–water partition coefficient (Wildman–Crippen LogP) is -0.946. The lowest BCUT2D eigenvalue weighted by Gasteiger charge is -2.31. The summed E-state index contributed by atoms with van der Waals surface area (Å²) in [6, 6.07) is 0.548. The first-order valence-electron chi connectivity index (χ1n) is 6.54. The number of carbonyl (C=O) groups is 1. The highest BCUT2D eigenvalue weighted by molar-refractivity contribution is 5.78. The highest BCUT2D eigenvalue weighted by atomic mass is 16.2. The number of hydrogen-bond donors (Lipinski definition) is 1. The number of rotatable bonds is 3. The molecule has 2 aliphatic heterocycles. The summed E-state index contributed by atoms with van der Waals surface area (Å²) in [6.07, 6.45) is 1.18. The molecule has 0 bridgehead atoms. The van der Waals surface area contributed by atoms with Crippen LogP contribution in [0.4, 0.5) is 0 Å². The van der Waals surface area contributed by atoms with E-state index in [9.17, 15) is 4.79 Å². The normalized spacial score (nSPS) is 26.8. The Hall–Kier alpha value is -0.650. The Bertz CT molecular complexity index is 265. The molecule has 98 valence electrons. The number of likely N-dealkylation sites (N-methyl/N-ethyl adjacent to an activating group) is 2. The molecule has 2 fully saturated rings. The lowest BCUT2D eigenvalue weighted by Crippen LogP contribution is -2.50. The molecule has 17 heavy (non-hydrogen) atoms. The summed E-state index contributed by atoms with van der Waals surface area (Å²) in [6.45, 7) is 6.39. The van der Waals surface area contributed by atoms with Gasteiger partial charge in [-0.1, -0.05) is 0 Å². The number of amides is 1. The lowest BCUT2D eigenvalue weighted by molar-refractivity contribution is -0.133. The van der Waals surface area contributed by atoms with Crippen molar-refractivity contribution >= 4 is 5.91 Å². The number of carbonyl (C=O) groups excluding carboxylic acids is 1. The number of likely N-dealkylation sites (tertiary alicyclic amines) is 1. The highest BCUT2D eigenvalue weighted by Crippen LogP contribution is 2.12. The maximum atomic E-state index is 12.1. The average molecular weight is 240 g/mol. The van der Waals surface area contributed by atoms with Crippen LogP contribution in [0.3, 0.4) is 0 Å². The second-order valence-corrected chi connectivity index (χ2v) is 5.25. The van der Waals surface area contributed by atoms with E-state index in [0.29, 0.717) is 12.6 Å². The summed E-state index contributed by atoms with van der Waals surface area (Å²) in [5, 5.41) is 3.27. The van der Waals surface area contributed by atoms with E-state index >= 15 is 0 Å². The zero-order valence-electron chi connectivity index (χ0n) is 11.0. The lowest BCUT2D eigenvalue weighted by atomic mass is 10.2. The summed E-state index contributed by atoms with van der Waals surface area (Å²) in [5.74, 6) is 0.281. The van der Waals surface area contributed by atoms with Crippen molar-refractivity contribution in [2.24, 2.45) is 0 Å². The Morgan fingerprint density at radius 1 is 1.35 bits per heavy atom. The predicted molar refractivity (Wildman–Crippen MR) is 68.0 cm³/mol. The Balaban J connectivity index is 1.77. The summed E-state index contributed by atoms with van der Waals surface area (Å²) < 4.78 is 0. The van der Waals surface area contributed by atoms with Gasteiger partial charge in [0.1, 0.15) is 0 Å². The van der Waals surface area contributed by atoms with Crippen LogP contribution in [0.2, 0.25) is 0 Å². The molecule has 0 saturated carbocycles. The molecule has 0 aromatic heterocycles. The second-order valence-electron chi connectivity index (χ2n) is 5.25. The minimum atomic E-state index is 0.281. The van der Waals surface area contributed by atoms with Crippen molar-refractivity contribution in [2.75, 3.05) is 59.9 Å². The Labute approximate surface area is 104 Å².